The third-order valence-corrected chi connectivity index (χ3v) is 3.92. The van der Waals surface area contributed by atoms with Crippen LogP contribution in [0.3, 0.4) is 0 Å². The Bertz CT molecular complexity index is 681. The molecule has 118 valence electrons. The summed E-state index contributed by atoms with van der Waals surface area (Å²) in [7, 11) is 0. The fraction of sp³-hybridized carbons (Fsp3) is 0.429. The smallest absolute Gasteiger partial charge is 0.271 e. The molecule has 1 unspecified atom stereocenters. The van der Waals surface area contributed by atoms with Gasteiger partial charge in [-0.05, 0) is 25.3 Å². The van der Waals surface area contributed by atoms with Crippen molar-refractivity contribution >= 4 is 34.9 Å². The molecule has 22 heavy (non-hydrogen) atoms. The number of non-ortho nitro benzene ring substituents is 1. The number of fused-ring (bicyclic) bond motifs is 1. The van der Waals surface area contributed by atoms with E-state index in [2.05, 4.69) is 14.9 Å². The molecular formula is C14H18ClN5O2. The van der Waals surface area contributed by atoms with Crippen molar-refractivity contribution in [3.63, 3.8) is 0 Å². The number of aromatic nitrogens is 2. The average molecular weight is 324 g/mol. The third kappa shape index (κ3) is 3.10. The molecule has 0 radical (unpaired) electrons. The number of anilines is 1. The van der Waals surface area contributed by atoms with E-state index in [1.165, 1.54) is 18.6 Å². The Kier molecular flexibility index (Phi) is 5.10. The number of benzene rings is 1. The molecule has 0 saturated carbocycles. The lowest BCUT2D eigenvalue weighted by Crippen LogP contribution is -2.44. The highest BCUT2D eigenvalue weighted by molar-refractivity contribution is 5.85. The Morgan fingerprint density at radius 2 is 2.18 bits per heavy atom. The Balaban J connectivity index is 0.00000176. The Morgan fingerprint density at radius 3 is 2.91 bits per heavy atom. The van der Waals surface area contributed by atoms with Gasteiger partial charge in [-0.2, -0.15) is 0 Å². The molecule has 1 saturated heterocycles. The summed E-state index contributed by atoms with van der Waals surface area (Å²) in [4.78, 5) is 21.4. The van der Waals surface area contributed by atoms with Crippen molar-refractivity contribution in [1.29, 1.82) is 0 Å². The first-order valence-electron chi connectivity index (χ1n) is 7.07. The van der Waals surface area contributed by atoms with E-state index < -0.39 is 4.92 Å². The van der Waals surface area contributed by atoms with Gasteiger partial charge in [0, 0.05) is 31.3 Å². The maximum Gasteiger partial charge on any atom is 0.271 e. The molecule has 2 aromatic rings. The van der Waals surface area contributed by atoms with Crippen molar-refractivity contribution in [2.45, 2.75) is 25.3 Å². The summed E-state index contributed by atoms with van der Waals surface area (Å²) in [6.45, 7) is 1.52. The van der Waals surface area contributed by atoms with Gasteiger partial charge in [-0.3, -0.25) is 15.1 Å². The minimum atomic E-state index is -0.426. The minimum Gasteiger partial charge on any atom is -0.351 e. The van der Waals surface area contributed by atoms with Gasteiger partial charge in [0.05, 0.1) is 22.2 Å². The summed E-state index contributed by atoms with van der Waals surface area (Å²) < 4.78 is 0. The minimum absolute atomic E-state index is 0. The van der Waals surface area contributed by atoms with E-state index >= 15 is 0 Å². The molecule has 3 rings (SSSR count). The van der Waals surface area contributed by atoms with Crippen LogP contribution in [0.2, 0.25) is 0 Å². The summed E-state index contributed by atoms with van der Waals surface area (Å²) in [6.07, 6.45) is 5.05. The van der Waals surface area contributed by atoms with Crippen molar-refractivity contribution in [2.75, 3.05) is 18.0 Å². The van der Waals surface area contributed by atoms with E-state index in [-0.39, 0.29) is 18.1 Å². The highest BCUT2D eigenvalue weighted by atomic mass is 35.5. The monoisotopic (exact) mass is 323 g/mol. The van der Waals surface area contributed by atoms with Crippen LogP contribution in [0.4, 0.5) is 11.5 Å². The molecule has 1 fully saturated rings. The first kappa shape index (κ1) is 16.4. The largest absolute Gasteiger partial charge is 0.351 e. The normalized spacial score (nSPS) is 18.0. The lowest BCUT2D eigenvalue weighted by molar-refractivity contribution is -0.384. The van der Waals surface area contributed by atoms with E-state index in [9.17, 15) is 10.1 Å². The number of nitro benzene ring substituents is 1. The van der Waals surface area contributed by atoms with Gasteiger partial charge in [-0.25, -0.2) is 4.98 Å². The Hall–Kier alpha value is -1.99. The zero-order chi connectivity index (χ0) is 14.8. The highest BCUT2D eigenvalue weighted by Crippen LogP contribution is 2.25. The number of halogens is 1. The van der Waals surface area contributed by atoms with Gasteiger partial charge < -0.3 is 10.6 Å². The summed E-state index contributed by atoms with van der Waals surface area (Å²) >= 11 is 0. The Labute approximate surface area is 134 Å². The second-order valence-corrected chi connectivity index (χ2v) is 5.24. The zero-order valence-corrected chi connectivity index (χ0v) is 12.8. The summed E-state index contributed by atoms with van der Waals surface area (Å²) in [6, 6.07) is 4.84. The molecule has 1 atom stereocenters. The second kappa shape index (κ2) is 6.85. The molecule has 2 N–H and O–H groups in total. The zero-order valence-electron chi connectivity index (χ0n) is 12.0. The van der Waals surface area contributed by atoms with Crippen molar-refractivity contribution in [1.82, 2.24) is 9.97 Å². The summed E-state index contributed by atoms with van der Waals surface area (Å²) in [5, 5.41) is 10.8. The number of hydrogen-bond donors (Lipinski definition) is 1. The number of nitro groups is 1. The van der Waals surface area contributed by atoms with Crippen LogP contribution >= 0.6 is 12.4 Å². The van der Waals surface area contributed by atoms with E-state index in [0.29, 0.717) is 23.6 Å². The molecule has 1 aromatic heterocycles. The van der Waals surface area contributed by atoms with Gasteiger partial charge in [-0.1, -0.05) is 0 Å². The van der Waals surface area contributed by atoms with Crippen molar-refractivity contribution in [2.24, 2.45) is 5.73 Å². The second-order valence-electron chi connectivity index (χ2n) is 5.24. The number of piperidine rings is 1. The molecular weight excluding hydrogens is 306 g/mol. The lowest BCUT2D eigenvalue weighted by Gasteiger charge is -2.35. The Morgan fingerprint density at radius 1 is 1.36 bits per heavy atom. The number of hydrogen-bond acceptors (Lipinski definition) is 6. The van der Waals surface area contributed by atoms with Gasteiger partial charge >= 0.3 is 0 Å². The van der Waals surface area contributed by atoms with Crippen LogP contribution in [0.25, 0.3) is 11.0 Å². The van der Waals surface area contributed by atoms with E-state index in [4.69, 9.17) is 5.73 Å². The van der Waals surface area contributed by atoms with Crippen LogP contribution in [0.5, 0.6) is 0 Å². The van der Waals surface area contributed by atoms with Crippen molar-refractivity contribution < 1.29 is 4.92 Å². The molecule has 1 aliphatic heterocycles. The van der Waals surface area contributed by atoms with Crippen LogP contribution in [0, 0.1) is 10.1 Å². The van der Waals surface area contributed by atoms with Gasteiger partial charge in [0.2, 0.25) is 0 Å². The van der Waals surface area contributed by atoms with Gasteiger partial charge in [0.25, 0.3) is 5.69 Å². The molecule has 1 aromatic carbocycles. The first-order chi connectivity index (χ1) is 10.2. The van der Waals surface area contributed by atoms with Crippen LogP contribution in [-0.4, -0.2) is 34.0 Å². The first-order valence-corrected chi connectivity index (χ1v) is 7.07. The number of nitrogens with two attached hydrogens (primary N) is 1. The van der Waals surface area contributed by atoms with E-state index in [1.807, 2.05) is 0 Å². The van der Waals surface area contributed by atoms with Gasteiger partial charge in [0.15, 0.2) is 0 Å². The summed E-state index contributed by atoms with van der Waals surface area (Å²) in [5.74, 6) is 0.798. The maximum atomic E-state index is 10.8. The molecule has 0 spiro atoms. The van der Waals surface area contributed by atoms with Gasteiger partial charge in [-0.15, -0.1) is 12.4 Å². The maximum absolute atomic E-state index is 10.8. The molecule has 2 heterocycles. The van der Waals surface area contributed by atoms with Gasteiger partial charge in [0.1, 0.15) is 5.82 Å². The van der Waals surface area contributed by atoms with E-state index in [1.54, 1.807) is 12.3 Å². The predicted molar refractivity (Wildman–Crippen MR) is 87.5 cm³/mol. The van der Waals surface area contributed by atoms with Crippen LogP contribution in [-0.2, 0) is 0 Å². The molecule has 0 bridgehead atoms. The van der Waals surface area contributed by atoms with E-state index in [0.717, 1.165) is 25.2 Å². The number of nitrogens with zero attached hydrogens (tertiary/aromatic N) is 4. The van der Waals surface area contributed by atoms with Crippen LogP contribution in [0.1, 0.15) is 19.3 Å². The number of rotatable bonds is 3. The third-order valence-electron chi connectivity index (χ3n) is 3.92. The molecule has 1 aliphatic rings. The quantitative estimate of drug-likeness (QED) is 0.687. The average Bonchev–Trinajstić information content (AvgIpc) is 2.53. The highest BCUT2D eigenvalue weighted by Gasteiger charge is 2.22. The standard InChI is InChI=1S/C14H17N5O2.ClH/c15-8-11-3-1-2-6-18(11)14-9-16-13-7-10(19(20)21)4-5-12(13)17-14;/h4-5,7,9,11H,1-3,6,8,15H2;1H. The van der Waals surface area contributed by atoms with Crippen LogP contribution in [0.15, 0.2) is 24.4 Å². The van der Waals surface area contributed by atoms with Crippen molar-refractivity contribution in [3.8, 4) is 0 Å². The molecule has 7 nitrogen and oxygen atoms in total. The topological polar surface area (TPSA) is 98.2 Å². The lowest BCUT2D eigenvalue weighted by atomic mass is 10.0. The molecule has 0 amide bonds. The SMILES string of the molecule is Cl.NCC1CCCCN1c1cnc2cc([N+](=O)[O-])ccc2n1. The fourth-order valence-electron chi connectivity index (χ4n) is 2.79. The fourth-order valence-corrected chi connectivity index (χ4v) is 2.79. The van der Waals surface area contributed by atoms with Crippen LogP contribution < -0.4 is 10.6 Å². The predicted octanol–water partition coefficient (Wildman–Crippen LogP) is 2.28. The molecule has 0 aliphatic carbocycles. The summed E-state index contributed by atoms with van der Waals surface area (Å²) in [5.41, 5.74) is 7.06. The van der Waals surface area contributed by atoms with Crippen molar-refractivity contribution in [3.05, 3.63) is 34.5 Å². The molecule has 8 heteroatoms.